The van der Waals surface area contributed by atoms with E-state index in [4.69, 9.17) is 23.2 Å². The standard InChI is InChI=1S/C13H12Cl2F3N3/c1-12(2,3)9-5-10(15)21(20-9)11-8(14)4-7(6-19-11)13(16,17)18/h4-6H,1-3H3. The van der Waals surface area contributed by atoms with Crippen molar-refractivity contribution in [2.45, 2.75) is 32.4 Å². The van der Waals surface area contributed by atoms with E-state index in [1.54, 1.807) is 6.07 Å². The van der Waals surface area contributed by atoms with E-state index >= 15 is 0 Å². The monoisotopic (exact) mass is 337 g/mol. The summed E-state index contributed by atoms with van der Waals surface area (Å²) in [5, 5.41) is 4.32. The Hall–Kier alpha value is -1.27. The second kappa shape index (κ2) is 5.18. The van der Waals surface area contributed by atoms with Gasteiger partial charge < -0.3 is 0 Å². The largest absolute Gasteiger partial charge is 0.417 e. The first-order valence-corrected chi connectivity index (χ1v) is 6.75. The highest BCUT2D eigenvalue weighted by molar-refractivity contribution is 6.33. The lowest BCUT2D eigenvalue weighted by Crippen LogP contribution is -2.13. The van der Waals surface area contributed by atoms with Gasteiger partial charge in [-0.25, -0.2) is 9.67 Å². The van der Waals surface area contributed by atoms with Crippen LogP contribution in [0.4, 0.5) is 13.2 Å². The maximum absolute atomic E-state index is 12.6. The van der Waals surface area contributed by atoms with Gasteiger partial charge >= 0.3 is 6.18 Å². The molecule has 2 heterocycles. The molecule has 0 aliphatic rings. The van der Waals surface area contributed by atoms with E-state index in [1.807, 2.05) is 20.8 Å². The molecule has 8 heteroatoms. The van der Waals surface area contributed by atoms with Crippen molar-refractivity contribution in [1.82, 2.24) is 14.8 Å². The molecule has 0 saturated heterocycles. The van der Waals surface area contributed by atoms with Crippen molar-refractivity contribution in [2.75, 3.05) is 0 Å². The van der Waals surface area contributed by atoms with E-state index in [2.05, 4.69) is 10.1 Å². The Morgan fingerprint density at radius 1 is 1.10 bits per heavy atom. The normalized spacial score (nSPS) is 12.8. The van der Waals surface area contributed by atoms with Gasteiger partial charge in [-0.05, 0) is 12.1 Å². The molecule has 21 heavy (non-hydrogen) atoms. The molecule has 0 radical (unpaired) electrons. The van der Waals surface area contributed by atoms with Crippen LogP contribution in [0.5, 0.6) is 0 Å². The zero-order valence-corrected chi connectivity index (χ0v) is 13.0. The topological polar surface area (TPSA) is 30.7 Å². The molecular formula is C13H12Cl2F3N3. The molecule has 0 fully saturated rings. The molecule has 0 aliphatic heterocycles. The van der Waals surface area contributed by atoms with Crippen LogP contribution in [-0.4, -0.2) is 14.8 Å². The Balaban J connectivity index is 2.51. The Kier molecular flexibility index (Phi) is 3.97. The average molecular weight is 338 g/mol. The fraction of sp³-hybridized carbons (Fsp3) is 0.385. The molecule has 0 aromatic carbocycles. The maximum atomic E-state index is 12.6. The van der Waals surface area contributed by atoms with Crippen molar-refractivity contribution in [3.63, 3.8) is 0 Å². The van der Waals surface area contributed by atoms with Crippen LogP contribution in [0.25, 0.3) is 5.82 Å². The van der Waals surface area contributed by atoms with Gasteiger partial charge in [-0.3, -0.25) is 0 Å². The molecule has 0 aliphatic carbocycles. The Morgan fingerprint density at radius 2 is 1.71 bits per heavy atom. The SMILES string of the molecule is CC(C)(C)c1cc(Cl)n(-c2ncc(C(F)(F)F)cc2Cl)n1. The van der Waals surface area contributed by atoms with E-state index in [1.165, 1.54) is 4.68 Å². The first-order valence-electron chi connectivity index (χ1n) is 5.99. The number of hydrogen-bond donors (Lipinski definition) is 0. The van der Waals surface area contributed by atoms with Gasteiger partial charge in [-0.15, -0.1) is 0 Å². The molecule has 0 spiro atoms. The number of pyridine rings is 1. The molecule has 0 unspecified atom stereocenters. The van der Waals surface area contributed by atoms with E-state index in [0.29, 0.717) is 11.9 Å². The molecular weight excluding hydrogens is 326 g/mol. The predicted molar refractivity (Wildman–Crippen MR) is 75.1 cm³/mol. The summed E-state index contributed by atoms with van der Waals surface area (Å²) in [7, 11) is 0. The Bertz CT molecular complexity index is 672. The number of alkyl halides is 3. The maximum Gasteiger partial charge on any atom is 0.417 e. The van der Waals surface area contributed by atoms with Crippen LogP contribution < -0.4 is 0 Å². The van der Waals surface area contributed by atoms with Crippen molar-refractivity contribution in [1.29, 1.82) is 0 Å². The third-order valence-electron chi connectivity index (χ3n) is 2.78. The number of halogens is 5. The van der Waals surface area contributed by atoms with Gasteiger partial charge in [0.15, 0.2) is 5.82 Å². The van der Waals surface area contributed by atoms with Gasteiger partial charge in [0.05, 0.1) is 16.3 Å². The van der Waals surface area contributed by atoms with Crippen LogP contribution in [0.15, 0.2) is 18.3 Å². The van der Waals surface area contributed by atoms with Crippen molar-refractivity contribution >= 4 is 23.2 Å². The summed E-state index contributed by atoms with van der Waals surface area (Å²) in [4.78, 5) is 3.74. The zero-order valence-electron chi connectivity index (χ0n) is 11.5. The Labute approximate surface area is 129 Å². The molecule has 0 saturated carbocycles. The van der Waals surface area contributed by atoms with Crippen LogP contribution in [0.2, 0.25) is 10.2 Å². The molecule has 3 nitrogen and oxygen atoms in total. The summed E-state index contributed by atoms with van der Waals surface area (Å²) >= 11 is 12.0. The lowest BCUT2D eigenvalue weighted by atomic mass is 9.93. The highest BCUT2D eigenvalue weighted by atomic mass is 35.5. The van der Waals surface area contributed by atoms with Crippen LogP contribution >= 0.6 is 23.2 Å². The quantitative estimate of drug-likeness (QED) is 0.741. The van der Waals surface area contributed by atoms with Gasteiger partial charge in [0.2, 0.25) is 0 Å². The third-order valence-corrected chi connectivity index (χ3v) is 3.33. The number of nitrogens with zero attached hydrogens (tertiary/aromatic N) is 3. The summed E-state index contributed by atoms with van der Waals surface area (Å²) in [5.74, 6) is 0.0603. The minimum atomic E-state index is -4.50. The molecule has 2 aromatic rings. The van der Waals surface area contributed by atoms with Gasteiger partial charge in [0.1, 0.15) is 5.15 Å². The van der Waals surface area contributed by atoms with E-state index < -0.39 is 11.7 Å². The molecule has 0 amide bonds. The van der Waals surface area contributed by atoms with Crippen LogP contribution in [0.3, 0.4) is 0 Å². The second-order valence-corrected chi connectivity index (χ2v) is 6.34. The molecule has 0 bridgehead atoms. The summed E-state index contributed by atoms with van der Waals surface area (Å²) in [5.41, 5.74) is -0.492. The second-order valence-electron chi connectivity index (χ2n) is 5.54. The molecule has 2 rings (SSSR count). The molecule has 2 aromatic heterocycles. The smallest absolute Gasteiger partial charge is 0.235 e. The van der Waals surface area contributed by atoms with Crippen molar-refractivity contribution in [3.05, 3.63) is 39.8 Å². The fourth-order valence-electron chi connectivity index (χ4n) is 1.61. The Morgan fingerprint density at radius 3 is 2.14 bits per heavy atom. The van der Waals surface area contributed by atoms with Gasteiger partial charge in [0, 0.05) is 11.6 Å². The van der Waals surface area contributed by atoms with Crippen LogP contribution in [0, 0.1) is 0 Å². The van der Waals surface area contributed by atoms with Crippen molar-refractivity contribution in [3.8, 4) is 5.82 Å². The number of rotatable bonds is 1. The third kappa shape index (κ3) is 3.32. The summed E-state index contributed by atoms with van der Waals surface area (Å²) in [6.07, 6.45) is -3.80. The van der Waals surface area contributed by atoms with Gasteiger partial charge in [0.25, 0.3) is 0 Å². The fourth-order valence-corrected chi connectivity index (χ4v) is 2.08. The zero-order chi connectivity index (χ0) is 16.0. The van der Waals surface area contributed by atoms with Crippen LogP contribution in [-0.2, 0) is 11.6 Å². The summed E-state index contributed by atoms with van der Waals surface area (Å²) in [6, 6.07) is 2.44. The lowest BCUT2D eigenvalue weighted by Gasteiger charge is -2.14. The van der Waals surface area contributed by atoms with E-state index in [0.717, 1.165) is 6.07 Å². The average Bonchev–Trinajstić information content (AvgIpc) is 2.70. The number of aromatic nitrogens is 3. The highest BCUT2D eigenvalue weighted by Crippen LogP contribution is 2.33. The first kappa shape index (κ1) is 16.1. The summed E-state index contributed by atoms with van der Waals surface area (Å²) in [6.45, 7) is 5.83. The molecule has 0 atom stereocenters. The first-order chi connectivity index (χ1) is 9.50. The predicted octanol–water partition coefficient (Wildman–Crippen LogP) is 4.89. The minimum absolute atomic E-state index is 0.0603. The van der Waals surface area contributed by atoms with E-state index in [9.17, 15) is 13.2 Å². The van der Waals surface area contributed by atoms with E-state index in [-0.39, 0.29) is 21.4 Å². The van der Waals surface area contributed by atoms with Gasteiger partial charge in [-0.2, -0.15) is 18.3 Å². The van der Waals surface area contributed by atoms with Gasteiger partial charge in [-0.1, -0.05) is 44.0 Å². The lowest BCUT2D eigenvalue weighted by molar-refractivity contribution is -0.137. The van der Waals surface area contributed by atoms with Crippen molar-refractivity contribution in [2.24, 2.45) is 0 Å². The summed E-state index contributed by atoms with van der Waals surface area (Å²) < 4.78 is 39.0. The molecule has 0 N–H and O–H groups in total. The van der Waals surface area contributed by atoms with Crippen LogP contribution in [0.1, 0.15) is 32.0 Å². The minimum Gasteiger partial charge on any atom is -0.235 e. The molecule has 114 valence electrons. The van der Waals surface area contributed by atoms with Crippen molar-refractivity contribution < 1.29 is 13.2 Å². The highest BCUT2D eigenvalue weighted by Gasteiger charge is 2.32. The number of hydrogen-bond acceptors (Lipinski definition) is 2.